The van der Waals surface area contributed by atoms with E-state index in [1.165, 1.54) is 36.3 Å². The van der Waals surface area contributed by atoms with Crippen molar-refractivity contribution in [3.63, 3.8) is 0 Å². The fourth-order valence-electron chi connectivity index (χ4n) is 4.76. The Morgan fingerprint density at radius 1 is 1.13 bits per heavy atom. The molecule has 1 unspecified atom stereocenters. The molecule has 2 aliphatic rings. The number of ether oxygens (including phenoxy) is 3. The van der Waals surface area contributed by atoms with E-state index in [-0.39, 0.29) is 24.3 Å². The lowest BCUT2D eigenvalue weighted by atomic mass is 9.90. The Bertz CT molecular complexity index is 1290. The minimum Gasteiger partial charge on any atom is -0.394 e. The third-order valence-corrected chi connectivity index (χ3v) is 7.00. The Balaban J connectivity index is 1.42. The van der Waals surface area contributed by atoms with E-state index in [0.29, 0.717) is 5.69 Å². The lowest BCUT2D eigenvalue weighted by Crippen LogP contribution is -2.57. The number of aromatic nitrogens is 6. The van der Waals surface area contributed by atoms with Crippen molar-refractivity contribution in [3.05, 3.63) is 46.9 Å². The number of benzene rings is 1. The predicted octanol–water partition coefficient (Wildman–Crippen LogP) is 1.59. The number of nitrogens with zero attached hydrogens (tertiary/aromatic N) is 6. The van der Waals surface area contributed by atoms with Crippen LogP contribution in [0.2, 0.25) is 5.02 Å². The van der Waals surface area contributed by atoms with E-state index in [1.54, 1.807) is 0 Å². The van der Waals surface area contributed by atoms with E-state index in [1.807, 2.05) is 0 Å². The summed E-state index contributed by atoms with van der Waals surface area (Å²) in [6, 6.07) is 0.125. The van der Waals surface area contributed by atoms with E-state index < -0.39 is 72.3 Å². The number of methoxy groups -OCH3 is 1. The molecule has 206 valence electrons. The Hall–Kier alpha value is -2.69. The molecule has 2 fully saturated rings. The molecule has 2 saturated heterocycles. The van der Waals surface area contributed by atoms with Gasteiger partial charge in [0, 0.05) is 25.3 Å². The van der Waals surface area contributed by atoms with E-state index in [0.717, 1.165) is 4.68 Å². The van der Waals surface area contributed by atoms with Crippen LogP contribution < -0.4 is 0 Å². The highest BCUT2D eigenvalue weighted by Gasteiger charge is 2.49. The predicted molar refractivity (Wildman–Crippen MR) is 121 cm³/mol. The van der Waals surface area contributed by atoms with Crippen LogP contribution in [0.25, 0.3) is 11.3 Å². The summed E-state index contributed by atoms with van der Waals surface area (Å²) in [7, 11) is 1.36. The summed E-state index contributed by atoms with van der Waals surface area (Å²) in [5, 5.41) is 36.1. The summed E-state index contributed by atoms with van der Waals surface area (Å²) in [6.45, 7) is -1.50. The summed E-state index contributed by atoms with van der Waals surface area (Å²) in [5.74, 6) is -5.56. The van der Waals surface area contributed by atoms with Crippen molar-refractivity contribution >= 4 is 11.6 Å². The monoisotopic (exact) mass is 562 g/mol. The number of aliphatic hydroxyl groups is 2. The van der Waals surface area contributed by atoms with Crippen LogP contribution in [-0.4, -0.2) is 97.5 Å². The van der Waals surface area contributed by atoms with Gasteiger partial charge >= 0.3 is 0 Å². The van der Waals surface area contributed by atoms with Gasteiger partial charge < -0.3 is 24.4 Å². The maximum Gasteiger partial charge on any atom is 0.295 e. The van der Waals surface area contributed by atoms with Crippen LogP contribution in [0.5, 0.6) is 0 Å². The molecule has 6 atom stereocenters. The van der Waals surface area contributed by atoms with Gasteiger partial charge in [0.15, 0.2) is 11.6 Å². The zero-order valence-electron chi connectivity index (χ0n) is 19.8. The molecule has 0 bridgehead atoms. The second kappa shape index (κ2) is 10.5. The van der Waals surface area contributed by atoms with Gasteiger partial charge in [0.2, 0.25) is 0 Å². The van der Waals surface area contributed by atoms with Crippen molar-refractivity contribution in [1.82, 2.24) is 30.0 Å². The Labute approximate surface area is 217 Å². The van der Waals surface area contributed by atoms with Crippen molar-refractivity contribution < 1.29 is 42.0 Å². The van der Waals surface area contributed by atoms with Crippen molar-refractivity contribution in [2.45, 2.75) is 48.8 Å². The van der Waals surface area contributed by atoms with Gasteiger partial charge in [0.05, 0.1) is 36.2 Å². The van der Waals surface area contributed by atoms with E-state index in [2.05, 4.69) is 20.6 Å². The number of halogens is 5. The van der Waals surface area contributed by atoms with Gasteiger partial charge in [-0.15, -0.1) is 10.2 Å². The van der Waals surface area contributed by atoms with Crippen molar-refractivity contribution in [2.75, 3.05) is 26.9 Å². The number of rotatable bonds is 7. The number of aliphatic hydroxyl groups excluding tert-OH is 2. The maximum atomic E-state index is 14.5. The molecule has 3 aromatic rings. The van der Waals surface area contributed by atoms with Gasteiger partial charge in [-0.2, -0.15) is 0 Å². The van der Waals surface area contributed by atoms with Gasteiger partial charge in [-0.25, -0.2) is 26.9 Å². The van der Waals surface area contributed by atoms with E-state index >= 15 is 0 Å². The molecule has 0 amide bonds. The Kier molecular flexibility index (Phi) is 7.41. The first-order valence-corrected chi connectivity index (χ1v) is 11.9. The molecule has 1 aromatic carbocycles. The average molecular weight is 563 g/mol. The van der Waals surface area contributed by atoms with Crippen LogP contribution in [0, 0.1) is 11.6 Å². The van der Waals surface area contributed by atoms with Crippen LogP contribution in [-0.2, 0) is 20.6 Å². The molecule has 16 heteroatoms. The molecule has 0 aliphatic carbocycles. The second-order valence-electron chi connectivity index (χ2n) is 9.07. The molecule has 5 rings (SSSR count). The lowest BCUT2D eigenvalue weighted by molar-refractivity contribution is -0.212. The van der Waals surface area contributed by atoms with Gasteiger partial charge in [0.25, 0.3) is 5.92 Å². The van der Waals surface area contributed by atoms with Gasteiger partial charge in [-0.05, 0) is 12.1 Å². The van der Waals surface area contributed by atoms with Gasteiger partial charge in [-0.3, -0.25) is 0 Å². The zero-order chi connectivity index (χ0) is 27.2. The SMILES string of the molecule is CO[C@@H]1[C@@H](n2cc(-c3ccc(Cl)c(F)c3F)nn2)[C@@H](O)[C@@H](CO)O[C@@H]1Cc1cn(C2COCC2(F)F)nn1. The quantitative estimate of drug-likeness (QED) is 0.326. The summed E-state index contributed by atoms with van der Waals surface area (Å²) in [6.07, 6.45) is -1.51. The fourth-order valence-corrected chi connectivity index (χ4v) is 4.91. The zero-order valence-corrected chi connectivity index (χ0v) is 20.6. The van der Waals surface area contributed by atoms with Gasteiger partial charge in [0.1, 0.15) is 42.7 Å². The van der Waals surface area contributed by atoms with Gasteiger partial charge in [-0.1, -0.05) is 22.0 Å². The van der Waals surface area contributed by atoms with E-state index in [4.69, 9.17) is 25.8 Å². The molecule has 2 aromatic heterocycles. The first kappa shape index (κ1) is 26.9. The molecule has 4 heterocycles. The molecule has 38 heavy (non-hydrogen) atoms. The minimum atomic E-state index is -3.10. The van der Waals surface area contributed by atoms with Crippen LogP contribution in [0.4, 0.5) is 17.6 Å². The first-order chi connectivity index (χ1) is 18.1. The van der Waals surface area contributed by atoms with Crippen LogP contribution in [0.15, 0.2) is 24.5 Å². The largest absolute Gasteiger partial charge is 0.394 e. The molecule has 0 spiro atoms. The highest BCUT2D eigenvalue weighted by molar-refractivity contribution is 6.30. The first-order valence-electron chi connectivity index (χ1n) is 11.5. The standard InChI is InChI=1S/C22H23ClF4N6O5/c1-36-21-14(4-10-5-32(30-28-10)16-8-37-9-22(16,26)27)38-15(7-34)20(35)19(21)33-6-13(29-31-33)11-2-3-12(23)18(25)17(11)24/h2-3,5-6,14-16,19-21,34-35H,4,7-9H2,1H3/t14-,15-,16?,19+,20+,21+/m1/s1. The number of hydrogen-bond donors (Lipinski definition) is 2. The molecule has 11 nitrogen and oxygen atoms in total. The number of hydrogen-bond acceptors (Lipinski definition) is 9. The molecule has 0 saturated carbocycles. The molecule has 0 radical (unpaired) electrons. The van der Waals surface area contributed by atoms with E-state index in [9.17, 15) is 27.8 Å². The normalized spacial score (nSPS) is 29.2. The van der Waals surface area contributed by atoms with Crippen LogP contribution in [0.3, 0.4) is 0 Å². The third-order valence-electron chi connectivity index (χ3n) is 6.71. The summed E-state index contributed by atoms with van der Waals surface area (Å²) in [5.41, 5.74) is 0.0594. The molecular formula is C22H23ClF4N6O5. The summed E-state index contributed by atoms with van der Waals surface area (Å²) < 4.78 is 75.2. The number of alkyl halides is 2. The third kappa shape index (κ3) is 4.78. The molecule has 2 N–H and O–H groups in total. The fraction of sp³-hybridized carbons (Fsp3) is 0.545. The molecular weight excluding hydrogens is 540 g/mol. The lowest BCUT2D eigenvalue weighted by Gasteiger charge is -2.43. The smallest absolute Gasteiger partial charge is 0.295 e. The van der Waals surface area contributed by atoms with Crippen molar-refractivity contribution in [1.29, 1.82) is 0 Å². The Morgan fingerprint density at radius 2 is 1.89 bits per heavy atom. The van der Waals surface area contributed by atoms with Crippen molar-refractivity contribution in [3.8, 4) is 11.3 Å². The maximum absolute atomic E-state index is 14.5. The second-order valence-corrected chi connectivity index (χ2v) is 9.48. The van der Waals surface area contributed by atoms with Crippen molar-refractivity contribution in [2.24, 2.45) is 0 Å². The Morgan fingerprint density at radius 3 is 2.58 bits per heavy atom. The summed E-state index contributed by atoms with van der Waals surface area (Å²) >= 11 is 5.63. The average Bonchev–Trinajstić information content (AvgIpc) is 3.63. The van der Waals surface area contributed by atoms with Crippen LogP contribution >= 0.6 is 11.6 Å². The molecule has 2 aliphatic heterocycles. The highest BCUT2D eigenvalue weighted by atomic mass is 35.5. The summed E-state index contributed by atoms with van der Waals surface area (Å²) in [4.78, 5) is 0. The van der Waals surface area contributed by atoms with Crippen LogP contribution in [0.1, 0.15) is 17.8 Å². The topological polar surface area (TPSA) is 130 Å². The minimum absolute atomic E-state index is 0.0238. The highest BCUT2D eigenvalue weighted by Crippen LogP contribution is 2.36.